The molecule has 8 heterocycles. The molecule has 4 amide bonds. The third-order valence-corrected chi connectivity index (χ3v) is 34.8. The van der Waals surface area contributed by atoms with E-state index in [1.54, 1.807) is 67.3 Å². The van der Waals surface area contributed by atoms with Gasteiger partial charge >= 0.3 is 0 Å². The Hall–Kier alpha value is -4.74. The van der Waals surface area contributed by atoms with Crippen LogP contribution >= 0.6 is 45.3 Å². The molecule has 0 spiro atoms. The van der Waals surface area contributed by atoms with Crippen molar-refractivity contribution in [3.8, 4) is 0 Å². The molecule has 10 rings (SSSR count). The van der Waals surface area contributed by atoms with Crippen LogP contribution < -0.4 is 40.5 Å². The van der Waals surface area contributed by atoms with Crippen LogP contribution in [0.15, 0.2) is 120 Å². The van der Waals surface area contributed by atoms with Gasteiger partial charge in [0.05, 0.1) is 45.0 Å². The van der Waals surface area contributed by atoms with Gasteiger partial charge in [0.2, 0.25) is 0 Å². The zero-order chi connectivity index (χ0) is 61.3. The van der Waals surface area contributed by atoms with Crippen molar-refractivity contribution in [2.45, 2.75) is 131 Å². The Morgan fingerprint density at radius 3 is 0.929 bits per heavy atom. The summed E-state index contributed by atoms with van der Waals surface area (Å²) in [4.78, 5) is 66.3. The highest BCUT2D eigenvalue weighted by Crippen LogP contribution is 2.36. The quantitative estimate of drug-likeness (QED) is 0.0492. The van der Waals surface area contributed by atoms with Gasteiger partial charge in [-0.3, -0.25) is 19.2 Å². The maximum absolute atomic E-state index is 14.2. The van der Waals surface area contributed by atoms with Crippen molar-refractivity contribution in [1.29, 1.82) is 0 Å². The number of thiophene rings is 4. The van der Waals surface area contributed by atoms with Crippen LogP contribution in [-0.4, -0.2) is 100 Å². The Balaban J connectivity index is 0.000000226. The molecule has 21 heteroatoms. The van der Waals surface area contributed by atoms with Gasteiger partial charge in [0.1, 0.15) is 0 Å². The lowest BCUT2D eigenvalue weighted by Crippen LogP contribution is -2.42. The Morgan fingerprint density at radius 2 is 0.718 bits per heavy atom. The Morgan fingerprint density at radius 1 is 0.447 bits per heavy atom. The average Bonchev–Trinajstić information content (AvgIpc) is 1.63. The minimum absolute atomic E-state index is 0. The van der Waals surface area contributed by atoms with Crippen LogP contribution in [-0.2, 0) is 31.5 Å². The molecule has 85 heavy (non-hydrogen) atoms. The van der Waals surface area contributed by atoms with Crippen LogP contribution in [0, 0.1) is 0 Å². The molecule has 4 aliphatic rings. The number of rotatable bonds is 22. The summed E-state index contributed by atoms with van der Waals surface area (Å²) >= 11 is 6.27. The highest BCUT2D eigenvalue weighted by molar-refractivity contribution is 7.12. The van der Waals surface area contributed by atoms with Crippen LogP contribution in [0.4, 0.5) is 22.7 Å². The molecule has 0 atom stereocenters. The van der Waals surface area contributed by atoms with Crippen molar-refractivity contribution in [3.63, 3.8) is 0 Å². The molecule has 6 aromatic rings. The summed E-state index contributed by atoms with van der Waals surface area (Å²) in [5, 5.41) is 11.6. The Labute approximate surface area is 528 Å². The topological polar surface area (TPSA) is 109 Å². The van der Waals surface area contributed by atoms with E-state index in [1.807, 2.05) is 92.0 Å². The van der Waals surface area contributed by atoms with Crippen LogP contribution in [0.3, 0.4) is 0 Å². The van der Waals surface area contributed by atoms with Crippen LogP contribution in [0.2, 0.25) is 110 Å². The molecule has 2 aromatic carbocycles. The molecule has 11 nitrogen and oxygen atoms in total. The van der Waals surface area contributed by atoms with Gasteiger partial charge in [0.25, 0.3) is 23.6 Å². The van der Waals surface area contributed by atoms with Crippen molar-refractivity contribution in [2.75, 3.05) is 45.8 Å². The molecule has 454 valence electrons. The number of hydrogen-bond acceptors (Lipinski definition) is 11. The predicted molar refractivity (Wildman–Crippen MR) is 381 cm³/mol. The van der Waals surface area contributed by atoms with E-state index in [0.717, 1.165) is 99.2 Å². The van der Waals surface area contributed by atoms with Gasteiger partial charge in [0.15, 0.2) is 50.6 Å². The summed E-state index contributed by atoms with van der Waals surface area (Å²) in [6.45, 7) is 43.6. The highest BCUT2D eigenvalue weighted by Gasteiger charge is 2.39. The standard InChI is InChI=1S/C34H50N2O4S2Si4.C24H18N2O2S2.C5H16OSi2.CH4/c1-43(2,3)39-45(7,8)21-13-17-35-27-23-26-28(24-25(27)31(33(35)37)29-15-11-19-41-29)36(34(38)32(26)30-16-12-20-42-30)18-14-22-46(9,10)40-44(4,5)6;1-3-9-25-17-13-16-18(14-15(17)21(23(25)27)19-7-5-11-29-19)26(10-4-2)24(28)22(16)20-8-6-12-30-20;1-7(2)6-8(3,4)5;/h11-12,15-16,19-20,23-24H,13-14,17-18,21-22H2,1-10H3;3-8,11-14H,1-2,9-10H2;7H,1-5H3;1H4. The van der Waals surface area contributed by atoms with E-state index in [4.69, 9.17) is 12.3 Å². The number of nitrogens with zero attached hydrogens (tertiary/aromatic N) is 4. The Kier molecular flexibility index (Phi) is 21.8. The molecule has 0 bridgehead atoms. The SMILES string of the molecule is C.C=CCN1C(=O)C(c2cccs2)=c2cc3c(cc21)=C(c1cccs1)C(=O)N3CC=C.C[SiH](C)O[Si](C)(C)C.C[Si](C)(C)O[Si](C)(C)CCCN1C(=O)C(c2cccs2)=c2cc3c(cc21)=C(c1cccs1)C(=O)N3CCC[Si](C)(C)O[Si](C)(C)C. The van der Waals surface area contributed by atoms with Crippen LogP contribution in [0.25, 0.3) is 22.3 Å². The lowest BCUT2D eigenvalue weighted by atomic mass is 10.1. The average molecular weight is 1320 g/mol. The van der Waals surface area contributed by atoms with E-state index in [-0.39, 0.29) is 31.1 Å². The zero-order valence-corrected chi connectivity index (χ0v) is 61.2. The predicted octanol–water partition coefficient (Wildman–Crippen LogP) is 13.5. The number of amides is 4. The third kappa shape index (κ3) is 15.9. The second kappa shape index (κ2) is 27.3. The summed E-state index contributed by atoms with van der Waals surface area (Å²) in [6.07, 6.45) is 5.22. The van der Waals surface area contributed by atoms with Crippen molar-refractivity contribution in [1.82, 2.24) is 0 Å². The Bertz CT molecular complexity index is 3460. The van der Waals surface area contributed by atoms with Gasteiger partial charge in [0, 0.05) is 66.6 Å². The lowest BCUT2D eigenvalue weighted by Gasteiger charge is -2.32. The van der Waals surface area contributed by atoms with Crippen molar-refractivity contribution < 1.29 is 31.5 Å². The van der Waals surface area contributed by atoms with Gasteiger partial charge in [-0.2, -0.15) is 0 Å². The first kappa shape index (κ1) is 67.8. The van der Waals surface area contributed by atoms with E-state index in [2.05, 4.69) is 123 Å². The van der Waals surface area contributed by atoms with Crippen LogP contribution in [0.5, 0.6) is 0 Å². The van der Waals surface area contributed by atoms with Gasteiger partial charge in [-0.15, -0.1) is 58.5 Å². The molecule has 0 N–H and O–H groups in total. The molecule has 0 saturated heterocycles. The summed E-state index contributed by atoms with van der Waals surface area (Å²) in [5.41, 5.74) is 6.33. The lowest BCUT2D eigenvalue weighted by molar-refractivity contribution is -0.113. The molecule has 4 aromatic heterocycles. The summed E-state index contributed by atoms with van der Waals surface area (Å²) in [6, 6.07) is 26.1. The highest BCUT2D eigenvalue weighted by atomic mass is 32.1. The molecular formula is C64H88N4O7S4Si6. The van der Waals surface area contributed by atoms with Gasteiger partial charge in [-0.25, -0.2) is 0 Å². The fraction of sp³-hybridized carbons (Fsp3) is 0.375. The third-order valence-electron chi connectivity index (χ3n) is 14.1. The molecular weight excluding hydrogens is 1230 g/mol. The minimum atomic E-state index is -1.86. The fourth-order valence-electron chi connectivity index (χ4n) is 11.8. The molecule has 0 saturated carbocycles. The van der Waals surface area contributed by atoms with Crippen LogP contribution in [0.1, 0.15) is 39.8 Å². The first-order valence-corrected chi connectivity index (χ1v) is 51.8. The maximum Gasteiger partial charge on any atom is 0.260 e. The van der Waals surface area contributed by atoms with E-state index in [9.17, 15) is 19.2 Å². The summed E-state index contributed by atoms with van der Waals surface area (Å²) in [5.74, 6) is 0.0441. The largest absolute Gasteiger partial charge is 0.458 e. The minimum Gasteiger partial charge on any atom is -0.458 e. The van der Waals surface area contributed by atoms with Crippen molar-refractivity contribution in [3.05, 3.63) is 160 Å². The first-order valence-electron chi connectivity index (χ1n) is 29.0. The number of fused-ring (bicyclic) bond motifs is 4. The van der Waals surface area contributed by atoms with E-state index in [0.29, 0.717) is 37.3 Å². The maximum atomic E-state index is 14.2. The second-order valence-electron chi connectivity index (χ2n) is 25.9. The monoisotopic (exact) mass is 1320 g/mol. The van der Waals surface area contributed by atoms with Gasteiger partial charge in [-0.05, 0) is 193 Å². The molecule has 0 unspecified atom stereocenters. The van der Waals surface area contributed by atoms with E-state index in [1.165, 1.54) is 0 Å². The number of carbonyl (C=O) groups is 4. The van der Waals surface area contributed by atoms with Gasteiger partial charge in [-0.1, -0.05) is 43.8 Å². The smallest absolute Gasteiger partial charge is 0.260 e. The number of carbonyl (C=O) groups excluding carboxylic acids is 4. The summed E-state index contributed by atoms with van der Waals surface area (Å²) < 4.78 is 18.9. The molecule has 4 aliphatic heterocycles. The number of benzene rings is 2. The van der Waals surface area contributed by atoms with E-state index >= 15 is 0 Å². The van der Waals surface area contributed by atoms with Crippen molar-refractivity contribution in [2.24, 2.45) is 0 Å². The molecule has 0 aliphatic carbocycles. The van der Waals surface area contributed by atoms with E-state index < -0.39 is 50.6 Å². The normalized spacial score (nSPS) is 15.1. The molecule has 0 fully saturated rings. The zero-order valence-electron chi connectivity index (χ0n) is 51.8. The number of hydrogen-bond donors (Lipinski definition) is 0. The fourth-order valence-corrected chi connectivity index (χ4v) is 36.6. The summed E-state index contributed by atoms with van der Waals surface area (Å²) in [7, 11) is -8.90. The number of anilines is 4. The first-order chi connectivity index (χ1) is 39.4. The van der Waals surface area contributed by atoms with Crippen molar-refractivity contribution >= 4 is 165 Å². The molecule has 0 radical (unpaired) electrons. The second-order valence-corrected chi connectivity index (χ2v) is 55.1. The van der Waals surface area contributed by atoms with Gasteiger partial charge < -0.3 is 31.9 Å².